The minimum absolute atomic E-state index is 0.123. The zero-order chi connectivity index (χ0) is 9.97. The summed E-state index contributed by atoms with van der Waals surface area (Å²) in [7, 11) is 0. The Balaban J connectivity index is 2.22. The van der Waals surface area contributed by atoms with E-state index in [9.17, 15) is 4.79 Å². The van der Waals surface area contributed by atoms with Crippen molar-refractivity contribution < 1.29 is 9.90 Å². The second-order valence-corrected chi connectivity index (χ2v) is 7.34. The van der Waals surface area contributed by atoms with Crippen LogP contribution in [0.4, 0.5) is 0 Å². The van der Waals surface area contributed by atoms with Crippen LogP contribution in [-0.2, 0) is 4.79 Å². The van der Waals surface area contributed by atoms with Crippen molar-refractivity contribution in [1.82, 2.24) is 4.98 Å². The molecule has 72 valence electrons. The third-order valence-corrected chi connectivity index (χ3v) is 6.26. The normalized spacial score (nSPS) is 10.6. The van der Waals surface area contributed by atoms with Crippen molar-refractivity contribution in [1.29, 1.82) is 0 Å². The molecule has 2 aromatic rings. The van der Waals surface area contributed by atoms with Crippen LogP contribution in [0.3, 0.4) is 0 Å². The number of fused-ring (bicyclic) bond motifs is 1. The molecule has 0 aliphatic rings. The zero-order valence-corrected chi connectivity index (χ0v) is 10.3. The molecule has 1 N–H and O–H groups in total. The van der Waals surface area contributed by atoms with Crippen LogP contribution in [0.5, 0.6) is 0 Å². The molecule has 0 saturated heterocycles. The van der Waals surface area contributed by atoms with Gasteiger partial charge in [-0.15, -0.1) is 0 Å². The van der Waals surface area contributed by atoms with E-state index in [1.54, 1.807) is 0 Å². The molecule has 0 fully saturated rings. The first-order valence-corrected chi connectivity index (χ1v) is 7.27. The Hall–Kier alpha value is -0.500. The number of thioether (sulfide) groups is 1. The number of nitrogens with zero attached hydrogens (tertiary/aromatic N) is 1. The van der Waals surface area contributed by atoms with Gasteiger partial charge in [0.2, 0.25) is 0 Å². The summed E-state index contributed by atoms with van der Waals surface area (Å²) in [6.45, 7) is 0. The number of aromatic nitrogens is 1. The second kappa shape index (κ2) is 4.35. The molecule has 0 spiro atoms. The summed E-state index contributed by atoms with van der Waals surface area (Å²) in [5.41, 5.74) is 1.03. The molecule has 1 heterocycles. The van der Waals surface area contributed by atoms with Gasteiger partial charge < -0.3 is 0 Å². The SMILES string of the molecule is O=C(O)CSc1nc2ccccc2[te]1. The summed E-state index contributed by atoms with van der Waals surface area (Å²) in [4.78, 5) is 14.8. The van der Waals surface area contributed by atoms with Crippen molar-refractivity contribution in [2.75, 3.05) is 5.75 Å². The van der Waals surface area contributed by atoms with E-state index < -0.39 is 26.4 Å². The van der Waals surface area contributed by atoms with Crippen molar-refractivity contribution in [3.63, 3.8) is 0 Å². The zero-order valence-electron chi connectivity index (χ0n) is 7.14. The van der Waals surface area contributed by atoms with Crippen molar-refractivity contribution in [2.45, 2.75) is 3.04 Å². The minimum atomic E-state index is -0.777. The topological polar surface area (TPSA) is 50.2 Å². The third kappa shape index (κ3) is 2.30. The number of rotatable bonds is 3. The summed E-state index contributed by atoms with van der Waals surface area (Å²) in [5.74, 6) is -0.654. The predicted octanol–water partition coefficient (Wildman–Crippen LogP) is 1.47. The van der Waals surface area contributed by atoms with E-state index in [0.29, 0.717) is 0 Å². The first kappa shape index (κ1) is 10.0. The number of carboxylic acids is 1. The molecule has 0 amide bonds. The fourth-order valence-corrected chi connectivity index (χ4v) is 5.11. The molecule has 1 aromatic heterocycles. The summed E-state index contributed by atoms with van der Waals surface area (Å²) in [6, 6.07) is 8.02. The van der Waals surface area contributed by atoms with Crippen LogP contribution in [-0.4, -0.2) is 42.2 Å². The van der Waals surface area contributed by atoms with E-state index in [0.717, 1.165) is 8.56 Å². The molecule has 2 rings (SSSR count). The van der Waals surface area contributed by atoms with E-state index >= 15 is 0 Å². The van der Waals surface area contributed by atoms with Crippen LogP contribution in [0.15, 0.2) is 27.3 Å². The van der Waals surface area contributed by atoms with Gasteiger partial charge in [-0.25, -0.2) is 0 Å². The Bertz CT molecular complexity index is 436. The molecule has 0 saturated carbocycles. The van der Waals surface area contributed by atoms with Crippen molar-refractivity contribution in [3.05, 3.63) is 24.3 Å². The number of carbonyl (C=O) groups is 1. The number of benzene rings is 1. The molecule has 0 radical (unpaired) electrons. The number of hydrogen-bond donors (Lipinski definition) is 1. The first-order valence-electron chi connectivity index (χ1n) is 3.96. The standard InChI is InChI=1S/C9H7NO2STe/c11-8(12)5-13-9-10-6-3-1-2-4-7(6)14-9/h1-4H,5H2,(H,11,12). The van der Waals surface area contributed by atoms with Gasteiger partial charge in [-0.2, -0.15) is 0 Å². The van der Waals surface area contributed by atoms with Gasteiger partial charge in [0.15, 0.2) is 0 Å². The molecular weight excluding hydrogens is 314 g/mol. The predicted molar refractivity (Wildman–Crippen MR) is 57.0 cm³/mol. The Morgan fingerprint density at radius 2 is 2.29 bits per heavy atom. The number of hydrogen-bond acceptors (Lipinski definition) is 3. The Kier molecular flexibility index (Phi) is 3.12. The maximum atomic E-state index is 10.4. The van der Waals surface area contributed by atoms with Gasteiger partial charge in [0.05, 0.1) is 0 Å². The quantitative estimate of drug-likeness (QED) is 0.687. The number of para-hydroxylation sites is 1. The van der Waals surface area contributed by atoms with Gasteiger partial charge in [-0.3, -0.25) is 0 Å². The molecule has 0 aliphatic heterocycles. The maximum absolute atomic E-state index is 10.4. The summed E-state index contributed by atoms with van der Waals surface area (Å²) in [5, 5.41) is 8.53. The van der Waals surface area contributed by atoms with Crippen LogP contribution >= 0.6 is 11.8 Å². The molecule has 0 aliphatic carbocycles. The van der Waals surface area contributed by atoms with Gasteiger partial charge in [0.1, 0.15) is 0 Å². The average molecular weight is 321 g/mol. The van der Waals surface area contributed by atoms with Crippen LogP contribution < -0.4 is 0 Å². The van der Waals surface area contributed by atoms with Crippen LogP contribution in [0.2, 0.25) is 0 Å². The number of aliphatic carboxylic acids is 1. The van der Waals surface area contributed by atoms with E-state index in [2.05, 4.69) is 11.1 Å². The molecule has 0 unspecified atom stereocenters. The van der Waals surface area contributed by atoms with E-state index in [4.69, 9.17) is 5.11 Å². The Morgan fingerprint density at radius 3 is 3.00 bits per heavy atom. The van der Waals surface area contributed by atoms with E-state index in [1.165, 1.54) is 15.2 Å². The Morgan fingerprint density at radius 1 is 1.50 bits per heavy atom. The van der Waals surface area contributed by atoms with Gasteiger partial charge in [0.25, 0.3) is 0 Å². The van der Waals surface area contributed by atoms with Crippen LogP contribution in [0.25, 0.3) is 8.92 Å². The van der Waals surface area contributed by atoms with Crippen molar-refractivity contribution >= 4 is 47.1 Å². The monoisotopic (exact) mass is 323 g/mol. The van der Waals surface area contributed by atoms with Gasteiger partial charge in [-0.05, 0) is 0 Å². The van der Waals surface area contributed by atoms with Crippen molar-refractivity contribution in [3.8, 4) is 0 Å². The van der Waals surface area contributed by atoms with Gasteiger partial charge in [0, 0.05) is 0 Å². The molecule has 0 atom stereocenters. The average Bonchev–Trinajstić information content (AvgIpc) is 2.57. The first-order chi connectivity index (χ1) is 6.75. The molecule has 14 heavy (non-hydrogen) atoms. The van der Waals surface area contributed by atoms with Crippen molar-refractivity contribution in [2.24, 2.45) is 0 Å². The fraction of sp³-hybridized carbons (Fsp3) is 0.111. The number of carboxylic acid groups (broad SMARTS) is 1. The second-order valence-electron chi connectivity index (χ2n) is 2.63. The van der Waals surface area contributed by atoms with Crippen LogP contribution in [0, 0.1) is 0 Å². The van der Waals surface area contributed by atoms with Crippen LogP contribution in [0.1, 0.15) is 0 Å². The Labute approximate surface area is 94.8 Å². The summed E-state index contributed by atoms with van der Waals surface area (Å²) in [6.07, 6.45) is 0. The van der Waals surface area contributed by atoms with E-state index in [-0.39, 0.29) is 5.75 Å². The summed E-state index contributed by atoms with van der Waals surface area (Å²) >= 11 is 0.950. The van der Waals surface area contributed by atoms with E-state index in [1.807, 2.05) is 18.2 Å². The molecule has 5 heteroatoms. The molecule has 1 aromatic carbocycles. The molecule has 3 nitrogen and oxygen atoms in total. The molecular formula is C9H7NO2STe. The summed E-state index contributed by atoms with van der Waals surface area (Å²) < 4.78 is 2.34. The fourth-order valence-electron chi connectivity index (χ4n) is 1.04. The van der Waals surface area contributed by atoms with Gasteiger partial charge >= 0.3 is 95.0 Å². The third-order valence-electron chi connectivity index (χ3n) is 1.59. The van der Waals surface area contributed by atoms with Gasteiger partial charge in [-0.1, -0.05) is 0 Å². The molecule has 0 bridgehead atoms.